The smallest absolute Gasteiger partial charge is 0.309 e. The summed E-state index contributed by atoms with van der Waals surface area (Å²) in [6.07, 6.45) is -4.65. The van der Waals surface area contributed by atoms with E-state index in [1.807, 2.05) is 16.7 Å². The van der Waals surface area contributed by atoms with E-state index in [0.29, 0.717) is 11.0 Å². The van der Waals surface area contributed by atoms with Crippen molar-refractivity contribution in [3.8, 4) is 161 Å². The lowest BCUT2D eigenvalue weighted by molar-refractivity contribution is -0.137. The molecular weight excluding hydrogens is 1310 g/mol. The highest BCUT2D eigenvalue weighted by molar-refractivity contribution is 6.12. The average molecular weight is 1380 g/mol. The van der Waals surface area contributed by atoms with Gasteiger partial charge in [-0.1, -0.05) is 267 Å². The zero-order valence-electron chi connectivity index (χ0n) is 58.3. The van der Waals surface area contributed by atoms with E-state index in [0.717, 1.165) is 167 Å². The summed E-state index contributed by atoms with van der Waals surface area (Å²) in [6, 6.07) is 144. The molecule has 1 heterocycles. The summed E-state index contributed by atoms with van der Waals surface area (Å²) in [4.78, 5) is 0. The van der Waals surface area contributed by atoms with Crippen LogP contribution in [-0.2, 0) is 6.18 Å². The molecule has 0 aliphatic heterocycles. The van der Waals surface area contributed by atoms with E-state index in [-0.39, 0.29) is 5.69 Å². The number of nitrogens with zero attached hydrogens (tertiary/aromatic N) is 1. The molecule has 0 unspecified atom stereocenters. The predicted molar refractivity (Wildman–Crippen MR) is 442 cm³/mol. The van der Waals surface area contributed by atoms with Crippen LogP contribution in [-0.4, -0.2) is 4.57 Å². The van der Waals surface area contributed by atoms with E-state index in [2.05, 4.69) is 376 Å². The Morgan fingerprint density at radius 1 is 0.150 bits per heavy atom. The minimum Gasteiger partial charge on any atom is -0.309 e. The summed E-state index contributed by atoms with van der Waals surface area (Å²) >= 11 is 0. The SMILES string of the molecule is FC(F)(F)c1ccccc1-n1c2ccc(-c3cc(-c4cc(-c5ccccc5)cc(-c5ccccc5)c4)cc(-c4cc(-c5ccccc5)cc(-c5ccccc5)c4)c3)cc2c2cc(-c3cc(-c4cc(-c5ccccc5)cc(-c5ccccc5)c4)cc(-c4cc(-c5ccccc5)cc(-c5ccccc5)c4)c3)ccc21. The summed E-state index contributed by atoms with van der Waals surface area (Å²) in [5, 5.41) is 1.61. The van der Waals surface area contributed by atoms with Crippen LogP contribution in [0.1, 0.15) is 5.56 Å². The van der Waals surface area contributed by atoms with Gasteiger partial charge >= 0.3 is 6.18 Å². The molecule has 0 saturated heterocycles. The van der Waals surface area contributed by atoms with Crippen LogP contribution in [0.3, 0.4) is 0 Å². The average Bonchev–Trinajstić information content (AvgIpc) is 1.60. The first kappa shape index (κ1) is 65.4. The van der Waals surface area contributed by atoms with Crippen LogP contribution < -0.4 is 0 Å². The second-order valence-corrected chi connectivity index (χ2v) is 27.5. The molecule has 0 spiro atoms. The zero-order chi connectivity index (χ0) is 71.8. The Kier molecular flexibility index (Phi) is 17.2. The molecule has 0 aliphatic rings. The molecule has 17 aromatic carbocycles. The fourth-order valence-corrected chi connectivity index (χ4v) is 15.4. The van der Waals surface area contributed by atoms with Gasteiger partial charge in [-0.05, 0) is 301 Å². The van der Waals surface area contributed by atoms with Crippen molar-refractivity contribution in [1.29, 1.82) is 0 Å². The molecule has 107 heavy (non-hydrogen) atoms. The summed E-state index contributed by atoms with van der Waals surface area (Å²) in [6.45, 7) is 0. The van der Waals surface area contributed by atoms with Gasteiger partial charge in [-0.15, -0.1) is 0 Å². The maximum atomic E-state index is 15.7. The Hall–Kier alpha value is -13.7. The first-order valence-electron chi connectivity index (χ1n) is 36.2. The Morgan fingerprint density at radius 2 is 0.318 bits per heavy atom. The Labute approximate surface area is 621 Å². The van der Waals surface area contributed by atoms with Gasteiger partial charge in [-0.3, -0.25) is 0 Å². The maximum Gasteiger partial charge on any atom is 0.418 e. The third kappa shape index (κ3) is 13.4. The molecule has 18 aromatic rings. The summed E-state index contributed by atoms with van der Waals surface area (Å²) < 4.78 is 48.9. The van der Waals surface area contributed by atoms with E-state index in [1.54, 1.807) is 12.1 Å². The highest BCUT2D eigenvalue weighted by Gasteiger charge is 2.35. The van der Waals surface area contributed by atoms with Gasteiger partial charge < -0.3 is 4.57 Å². The van der Waals surface area contributed by atoms with Crippen LogP contribution in [0.25, 0.3) is 183 Å². The van der Waals surface area contributed by atoms with Gasteiger partial charge in [0.05, 0.1) is 22.3 Å². The molecule has 1 aromatic heterocycles. The normalized spacial score (nSPS) is 11.5. The molecule has 0 radical (unpaired) electrons. The van der Waals surface area contributed by atoms with Gasteiger partial charge in [0.25, 0.3) is 0 Å². The number of rotatable bonds is 15. The molecule has 0 aliphatic carbocycles. The van der Waals surface area contributed by atoms with Crippen LogP contribution in [0.4, 0.5) is 13.2 Å². The van der Waals surface area contributed by atoms with E-state index in [9.17, 15) is 0 Å². The molecule has 0 N–H and O–H groups in total. The van der Waals surface area contributed by atoms with Crippen molar-refractivity contribution in [2.75, 3.05) is 0 Å². The van der Waals surface area contributed by atoms with E-state index in [4.69, 9.17) is 0 Å². The second-order valence-electron chi connectivity index (χ2n) is 27.5. The zero-order valence-corrected chi connectivity index (χ0v) is 58.3. The van der Waals surface area contributed by atoms with Gasteiger partial charge in [0.2, 0.25) is 0 Å². The van der Waals surface area contributed by atoms with Crippen molar-refractivity contribution < 1.29 is 13.2 Å². The van der Waals surface area contributed by atoms with E-state index in [1.165, 1.54) is 12.1 Å². The lowest BCUT2D eigenvalue weighted by atomic mass is 9.88. The van der Waals surface area contributed by atoms with Crippen molar-refractivity contribution >= 4 is 21.8 Å². The quantitative estimate of drug-likeness (QED) is 0.0964. The number of hydrogen-bond donors (Lipinski definition) is 0. The largest absolute Gasteiger partial charge is 0.418 e. The number of hydrogen-bond acceptors (Lipinski definition) is 0. The first-order chi connectivity index (χ1) is 52.6. The molecule has 4 heteroatoms. The molecule has 0 bridgehead atoms. The third-order valence-electron chi connectivity index (χ3n) is 20.7. The van der Waals surface area contributed by atoms with Crippen LogP contribution in [0.15, 0.2) is 413 Å². The van der Waals surface area contributed by atoms with Gasteiger partial charge in [-0.2, -0.15) is 13.2 Å². The van der Waals surface area contributed by atoms with Crippen molar-refractivity contribution in [1.82, 2.24) is 4.57 Å². The van der Waals surface area contributed by atoms with Gasteiger partial charge in [-0.25, -0.2) is 0 Å². The van der Waals surface area contributed by atoms with Gasteiger partial charge in [0, 0.05) is 10.8 Å². The van der Waals surface area contributed by atoms with Crippen molar-refractivity contribution in [3.63, 3.8) is 0 Å². The summed E-state index contributed by atoms with van der Waals surface area (Å²) in [7, 11) is 0. The van der Waals surface area contributed by atoms with Crippen LogP contribution in [0, 0.1) is 0 Å². The van der Waals surface area contributed by atoms with Gasteiger partial charge in [0.15, 0.2) is 0 Å². The Bertz CT molecular complexity index is 5410. The standard InChI is InChI=1S/C103H68F3N/c104-103(105,106)99-43-25-26-44-102(99)107-100-47-45-77(87-61-93(89-53-79(69-27-9-1-10-28-69)49-80(54-89)70-29-11-2-12-30-70)65-94(62-87)90-55-81(71-31-13-3-14-32-71)50-82(56-90)72-33-15-4-16-34-72)67-97(100)98-68-78(46-48-101(98)107)88-63-95(91-57-83(73-35-17-5-18-36-73)51-84(58-91)74-37-19-6-20-38-74)66-96(64-88)92-59-85(75-39-21-7-22-40-75)52-86(60-92)76-41-23-8-24-42-76/h1-68H. The lowest BCUT2D eigenvalue weighted by Crippen LogP contribution is -2.10. The maximum absolute atomic E-state index is 15.7. The number of aromatic nitrogens is 1. The monoisotopic (exact) mass is 1380 g/mol. The van der Waals surface area contributed by atoms with Crippen LogP contribution in [0.2, 0.25) is 0 Å². The summed E-state index contributed by atoms with van der Waals surface area (Å²) in [5.74, 6) is 0. The predicted octanol–water partition coefficient (Wildman–Crippen LogP) is 29.1. The highest BCUT2D eigenvalue weighted by atomic mass is 19.4. The topological polar surface area (TPSA) is 4.93 Å². The number of para-hydroxylation sites is 1. The second kappa shape index (κ2) is 28.2. The van der Waals surface area contributed by atoms with Crippen LogP contribution >= 0.6 is 0 Å². The van der Waals surface area contributed by atoms with Crippen molar-refractivity contribution in [3.05, 3.63) is 418 Å². The lowest BCUT2D eigenvalue weighted by Gasteiger charge is -2.17. The Morgan fingerprint density at radius 3 is 0.514 bits per heavy atom. The van der Waals surface area contributed by atoms with E-state index < -0.39 is 11.7 Å². The fraction of sp³-hybridized carbons (Fsp3) is 0.00971. The first-order valence-corrected chi connectivity index (χ1v) is 36.2. The molecular formula is C103H68F3N. The molecule has 1 nitrogen and oxygen atoms in total. The molecule has 0 amide bonds. The molecule has 0 fully saturated rings. The molecule has 18 rings (SSSR count). The highest BCUT2D eigenvalue weighted by Crippen LogP contribution is 2.47. The van der Waals surface area contributed by atoms with Crippen LogP contribution in [0.5, 0.6) is 0 Å². The van der Waals surface area contributed by atoms with Crippen molar-refractivity contribution in [2.45, 2.75) is 6.18 Å². The minimum atomic E-state index is -4.65. The number of benzene rings is 17. The number of fused-ring (bicyclic) bond motifs is 3. The Balaban J connectivity index is 0.884. The minimum absolute atomic E-state index is 0.0501. The summed E-state index contributed by atoms with van der Waals surface area (Å²) in [5.41, 5.74) is 30.0. The molecule has 0 atom stereocenters. The van der Waals surface area contributed by atoms with Crippen molar-refractivity contribution in [2.24, 2.45) is 0 Å². The van der Waals surface area contributed by atoms with Gasteiger partial charge in [0.1, 0.15) is 0 Å². The third-order valence-corrected chi connectivity index (χ3v) is 20.7. The number of halogens is 3. The van der Waals surface area contributed by atoms with E-state index >= 15 is 13.2 Å². The number of alkyl halides is 3. The molecule has 0 saturated carbocycles. The fourth-order valence-electron chi connectivity index (χ4n) is 15.4. The molecule has 506 valence electrons.